The Kier molecular flexibility index (Phi) is 6.08. The molecule has 0 aliphatic heterocycles. The Morgan fingerprint density at radius 2 is 1.86 bits per heavy atom. The number of carbonyl (C=O) groups is 2. The largest absolute Gasteiger partial charge is 0.459 e. The number of nitrogens with zero attached hydrogens (tertiary/aromatic N) is 1. The Balaban J connectivity index is 2.54. The van der Waals surface area contributed by atoms with Crippen LogP contribution in [-0.2, 0) is 16.1 Å². The van der Waals surface area contributed by atoms with Crippen LogP contribution in [0.5, 0.6) is 0 Å². The molecule has 4 nitrogen and oxygen atoms in total. The van der Waals surface area contributed by atoms with Gasteiger partial charge in [0.15, 0.2) is 5.78 Å². The van der Waals surface area contributed by atoms with Crippen LogP contribution in [0, 0.1) is 13.8 Å². The minimum Gasteiger partial charge on any atom is -0.459 e. The van der Waals surface area contributed by atoms with Crippen LogP contribution in [0.3, 0.4) is 0 Å². The maximum atomic E-state index is 12.2. The van der Waals surface area contributed by atoms with Gasteiger partial charge < -0.3 is 9.30 Å². The van der Waals surface area contributed by atoms with E-state index in [1.54, 1.807) is 0 Å². The van der Waals surface area contributed by atoms with Gasteiger partial charge >= 0.3 is 5.97 Å². The van der Waals surface area contributed by atoms with Crippen molar-refractivity contribution >= 4 is 23.5 Å². The normalized spacial score (nSPS) is 11.5. The van der Waals surface area contributed by atoms with E-state index < -0.39 is 5.60 Å². The minimum absolute atomic E-state index is 0.0661. The number of hydrogen-bond donors (Lipinski definition) is 0. The lowest BCUT2D eigenvalue weighted by atomic mass is 10.2. The van der Waals surface area contributed by atoms with Crippen molar-refractivity contribution in [3.8, 4) is 0 Å². The van der Waals surface area contributed by atoms with Crippen molar-refractivity contribution in [3.63, 3.8) is 0 Å². The summed E-state index contributed by atoms with van der Waals surface area (Å²) in [5.74, 6) is 0.290. The number of aromatic nitrogens is 1. The number of rotatable bonds is 6. The van der Waals surface area contributed by atoms with E-state index in [9.17, 15) is 9.59 Å². The molecule has 0 radical (unpaired) electrons. The average molecular weight is 311 g/mol. The number of esters is 1. The van der Waals surface area contributed by atoms with Gasteiger partial charge in [-0.2, -0.15) is 0 Å². The van der Waals surface area contributed by atoms with Crippen LogP contribution in [-0.4, -0.2) is 33.4 Å². The van der Waals surface area contributed by atoms with Gasteiger partial charge in [0, 0.05) is 23.5 Å². The Bertz CT molecular complexity index is 526. The van der Waals surface area contributed by atoms with Crippen LogP contribution in [0.1, 0.15) is 49.4 Å². The summed E-state index contributed by atoms with van der Waals surface area (Å²) in [7, 11) is 0. The number of carbonyl (C=O) groups excluding carboxylic acids is 2. The van der Waals surface area contributed by atoms with E-state index in [0.717, 1.165) is 23.5 Å². The summed E-state index contributed by atoms with van der Waals surface area (Å²) in [5, 5.41) is 0. The highest BCUT2D eigenvalue weighted by molar-refractivity contribution is 8.00. The molecule has 0 saturated heterocycles. The molecule has 21 heavy (non-hydrogen) atoms. The van der Waals surface area contributed by atoms with Crippen molar-refractivity contribution in [1.29, 1.82) is 0 Å². The molecule has 0 unspecified atom stereocenters. The molecular weight excluding hydrogens is 286 g/mol. The van der Waals surface area contributed by atoms with Gasteiger partial charge in [-0.05, 0) is 47.6 Å². The first-order valence-corrected chi connectivity index (χ1v) is 8.30. The number of Topliss-reactive ketones (excluding diaryl/α,β-unsaturated/α-hetero) is 1. The van der Waals surface area contributed by atoms with E-state index in [1.807, 2.05) is 40.7 Å². The standard InChI is InChI=1S/C16H25NO3S/c1-7-17-11(2)8-13(12(17)3)14(18)9-21-10-15(19)20-16(4,5)6/h8H,7,9-10H2,1-6H3. The van der Waals surface area contributed by atoms with Gasteiger partial charge in [-0.3, -0.25) is 9.59 Å². The molecular formula is C16H25NO3S. The molecule has 118 valence electrons. The molecule has 0 amide bonds. The lowest BCUT2D eigenvalue weighted by Crippen LogP contribution is -2.25. The second-order valence-corrected chi connectivity index (χ2v) is 7.02. The van der Waals surface area contributed by atoms with E-state index in [2.05, 4.69) is 11.5 Å². The Hall–Kier alpha value is -1.23. The number of aryl methyl sites for hydroxylation is 1. The van der Waals surface area contributed by atoms with Crippen molar-refractivity contribution in [2.75, 3.05) is 11.5 Å². The molecule has 0 aromatic carbocycles. The first-order valence-electron chi connectivity index (χ1n) is 7.15. The molecule has 0 fully saturated rings. The van der Waals surface area contributed by atoms with Crippen molar-refractivity contribution in [2.24, 2.45) is 0 Å². The lowest BCUT2D eigenvalue weighted by molar-refractivity contribution is -0.151. The first-order chi connectivity index (χ1) is 9.65. The van der Waals surface area contributed by atoms with Crippen LogP contribution in [0.25, 0.3) is 0 Å². The predicted molar refractivity (Wildman–Crippen MR) is 87.1 cm³/mol. The van der Waals surface area contributed by atoms with Gasteiger partial charge in [-0.15, -0.1) is 11.8 Å². The summed E-state index contributed by atoms with van der Waals surface area (Å²) < 4.78 is 7.33. The summed E-state index contributed by atoms with van der Waals surface area (Å²) >= 11 is 1.30. The first kappa shape index (κ1) is 17.8. The van der Waals surface area contributed by atoms with Crippen LogP contribution in [0.4, 0.5) is 0 Å². The molecule has 1 heterocycles. The van der Waals surface area contributed by atoms with E-state index in [-0.39, 0.29) is 17.5 Å². The van der Waals surface area contributed by atoms with E-state index in [1.165, 1.54) is 11.8 Å². The van der Waals surface area contributed by atoms with Gasteiger partial charge in [0.25, 0.3) is 0 Å². The fourth-order valence-electron chi connectivity index (χ4n) is 2.25. The molecule has 5 heteroatoms. The Morgan fingerprint density at radius 3 is 2.33 bits per heavy atom. The molecule has 1 aromatic heterocycles. The summed E-state index contributed by atoms with van der Waals surface area (Å²) in [5.41, 5.74) is 2.37. The predicted octanol–water partition coefficient (Wildman–Crippen LogP) is 3.38. The number of hydrogen-bond acceptors (Lipinski definition) is 4. The minimum atomic E-state index is -0.478. The van der Waals surface area contributed by atoms with E-state index in [4.69, 9.17) is 4.74 Å². The highest BCUT2D eigenvalue weighted by Crippen LogP contribution is 2.18. The van der Waals surface area contributed by atoms with Crippen LogP contribution in [0.15, 0.2) is 6.07 Å². The molecule has 1 rings (SSSR count). The highest BCUT2D eigenvalue weighted by Gasteiger charge is 2.18. The van der Waals surface area contributed by atoms with Crippen LogP contribution < -0.4 is 0 Å². The summed E-state index contributed by atoms with van der Waals surface area (Å²) in [4.78, 5) is 23.8. The maximum absolute atomic E-state index is 12.2. The third-order valence-corrected chi connectivity index (χ3v) is 3.97. The average Bonchev–Trinajstić information content (AvgIpc) is 2.62. The summed E-state index contributed by atoms with van der Waals surface area (Å²) in [6.45, 7) is 12.4. The molecule has 1 aromatic rings. The topological polar surface area (TPSA) is 48.3 Å². The summed E-state index contributed by atoms with van der Waals surface area (Å²) in [6.07, 6.45) is 0. The molecule has 0 saturated carbocycles. The number of ketones is 1. The van der Waals surface area contributed by atoms with Crippen LogP contribution in [0.2, 0.25) is 0 Å². The van der Waals surface area contributed by atoms with E-state index >= 15 is 0 Å². The van der Waals surface area contributed by atoms with Crippen molar-refractivity contribution in [2.45, 2.75) is 53.7 Å². The molecule has 0 aliphatic rings. The number of thioether (sulfide) groups is 1. The quantitative estimate of drug-likeness (QED) is 0.597. The molecule has 0 atom stereocenters. The fourth-order valence-corrected chi connectivity index (χ4v) is 2.91. The van der Waals surface area contributed by atoms with Crippen molar-refractivity contribution in [1.82, 2.24) is 4.57 Å². The van der Waals surface area contributed by atoms with E-state index in [0.29, 0.717) is 5.75 Å². The lowest BCUT2D eigenvalue weighted by Gasteiger charge is -2.19. The van der Waals surface area contributed by atoms with Gasteiger partial charge in [0.2, 0.25) is 0 Å². The second-order valence-electron chi connectivity index (χ2n) is 6.03. The molecule has 0 aliphatic carbocycles. The smallest absolute Gasteiger partial charge is 0.316 e. The third kappa shape index (κ3) is 5.23. The van der Waals surface area contributed by atoms with Gasteiger partial charge in [0.1, 0.15) is 5.60 Å². The zero-order chi connectivity index (χ0) is 16.2. The zero-order valence-electron chi connectivity index (χ0n) is 13.8. The van der Waals surface area contributed by atoms with Gasteiger partial charge in [0.05, 0.1) is 11.5 Å². The summed E-state index contributed by atoms with van der Waals surface area (Å²) in [6, 6.07) is 1.93. The number of ether oxygens (including phenoxy) is 1. The molecule has 0 N–H and O–H groups in total. The molecule has 0 spiro atoms. The zero-order valence-corrected chi connectivity index (χ0v) is 14.6. The SMILES string of the molecule is CCn1c(C)cc(C(=O)CSCC(=O)OC(C)(C)C)c1C. The highest BCUT2D eigenvalue weighted by atomic mass is 32.2. The third-order valence-electron chi connectivity index (χ3n) is 3.06. The second kappa shape index (κ2) is 7.16. The maximum Gasteiger partial charge on any atom is 0.316 e. The Morgan fingerprint density at radius 1 is 1.24 bits per heavy atom. The molecule has 0 bridgehead atoms. The van der Waals surface area contributed by atoms with Gasteiger partial charge in [-0.1, -0.05) is 0 Å². The fraction of sp³-hybridized carbons (Fsp3) is 0.625. The monoisotopic (exact) mass is 311 g/mol. The van der Waals surface area contributed by atoms with Gasteiger partial charge in [-0.25, -0.2) is 0 Å². The van der Waals surface area contributed by atoms with Crippen LogP contribution >= 0.6 is 11.8 Å². The van der Waals surface area contributed by atoms with Crippen molar-refractivity contribution < 1.29 is 14.3 Å². The Labute approximate surface area is 131 Å². The van der Waals surface area contributed by atoms with Crippen molar-refractivity contribution in [3.05, 3.63) is 23.0 Å².